The van der Waals surface area contributed by atoms with E-state index >= 15 is 0 Å². The zero-order valence-electron chi connectivity index (χ0n) is 15.7. The van der Waals surface area contributed by atoms with Gasteiger partial charge in [-0.1, -0.05) is 25.5 Å². The third kappa shape index (κ3) is 4.25. The number of carbonyl (C=O) groups excluding carboxylic acids is 1. The summed E-state index contributed by atoms with van der Waals surface area (Å²) in [6.45, 7) is 4.92. The molecule has 1 amide bonds. The van der Waals surface area contributed by atoms with Gasteiger partial charge < -0.3 is 15.5 Å². The maximum atomic E-state index is 12.7. The Hall–Kier alpha value is -1.08. The minimum Gasteiger partial charge on any atom is -0.393 e. The molecule has 7 heteroatoms. The average Bonchev–Trinajstić information content (AvgIpc) is 2.50. The Kier molecular flexibility index (Phi) is 6.13. The van der Waals surface area contributed by atoms with Crippen LogP contribution in [0.15, 0.2) is 11.6 Å². The topological polar surface area (TPSA) is 69.6 Å². The summed E-state index contributed by atoms with van der Waals surface area (Å²) in [5, 5.41) is 22.3. The van der Waals surface area contributed by atoms with Crippen LogP contribution in [-0.4, -0.2) is 40.5 Å². The van der Waals surface area contributed by atoms with Crippen LogP contribution in [0.1, 0.15) is 59.3 Å². The number of allylic oxidation sites excluding steroid dienone is 1. The molecule has 26 heavy (non-hydrogen) atoms. The summed E-state index contributed by atoms with van der Waals surface area (Å²) in [4.78, 5) is 11.9. The Labute approximate surface area is 152 Å². The highest BCUT2D eigenvalue weighted by atomic mass is 19.4. The van der Waals surface area contributed by atoms with Gasteiger partial charge in [0, 0.05) is 6.54 Å². The van der Waals surface area contributed by atoms with Gasteiger partial charge in [0.2, 0.25) is 5.91 Å². The van der Waals surface area contributed by atoms with Gasteiger partial charge in [-0.2, -0.15) is 13.2 Å². The minimum absolute atomic E-state index is 0.0344. The number of halogens is 3. The Balaban J connectivity index is 1.98. The van der Waals surface area contributed by atoms with Crippen LogP contribution in [0.25, 0.3) is 0 Å². The number of alkyl halides is 3. The van der Waals surface area contributed by atoms with E-state index in [4.69, 9.17) is 0 Å². The standard InChI is InChI=1S/C19H30F3NO3/c1-12(11-23-16(25)10-18(3,26)19(20,21)22)13-6-4-7-14-15(24)8-5-9-17(13,14)2/h6,12,14-15,24,26H,4-5,7-11H2,1-3H3,(H,23,25)/t12-,14+,15+,17+,18+/m1/s1. The summed E-state index contributed by atoms with van der Waals surface area (Å²) in [7, 11) is 0. The van der Waals surface area contributed by atoms with Crippen LogP contribution < -0.4 is 5.32 Å². The molecule has 0 unspecified atom stereocenters. The molecule has 0 saturated heterocycles. The Morgan fingerprint density at radius 3 is 2.69 bits per heavy atom. The van der Waals surface area contributed by atoms with Gasteiger partial charge in [0.25, 0.3) is 0 Å². The molecule has 5 atom stereocenters. The van der Waals surface area contributed by atoms with Crippen molar-refractivity contribution < 1.29 is 28.2 Å². The molecule has 0 aromatic rings. The molecule has 1 fully saturated rings. The highest BCUT2D eigenvalue weighted by Crippen LogP contribution is 2.53. The molecule has 2 aliphatic rings. The van der Waals surface area contributed by atoms with Crippen LogP contribution in [0.2, 0.25) is 0 Å². The number of carbonyl (C=O) groups is 1. The monoisotopic (exact) mass is 377 g/mol. The van der Waals surface area contributed by atoms with Crippen molar-refractivity contribution in [3.05, 3.63) is 11.6 Å². The van der Waals surface area contributed by atoms with E-state index in [0.717, 1.165) is 32.1 Å². The van der Waals surface area contributed by atoms with E-state index in [-0.39, 0.29) is 29.9 Å². The van der Waals surface area contributed by atoms with Crippen LogP contribution >= 0.6 is 0 Å². The molecule has 0 aromatic carbocycles. The molecule has 0 heterocycles. The van der Waals surface area contributed by atoms with Gasteiger partial charge in [0.1, 0.15) is 0 Å². The van der Waals surface area contributed by atoms with Crippen LogP contribution in [0.4, 0.5) is 13.2 Å². The van der Waals surface area contributed by atoms with Gasteiger partial charge in [-0.3, -0.25) is 4.79 Å². The summed E-state index contributed by atoms with van der Waals surface area (Å²) < 4.78 is 38.1. The van der Waals surface area contributed by atoms with E-state index in [0.29, 0.717) is 6.92 Å². The second-order valence-corrected chi connectivity index (χ2v) is 8.37. The first-order valence-corrected chi connectivity index (χ1v) is 9.33. The molecular weight excluding hydrogens is 347 g/mol. The second kappa shape index (κ2) is 7.50. The number of rotatable bonds is 5. The quantitative estimate of drug-likeness (QED) is 0.644. The number of nitrogens with one attached hydrogen (secondary N) is 1. The first-order chi connectivity index (χ1) is 11.9. The van der Waals surface area contributed by atoms with E-state index in [1.54, 1.807) is 0 Å². The number of amides is 1. The van der Waals surface area contributed by atoms with Crippen LogP contribution in [0, 0.1) is 17.3 Å². The van der Waals surface area contributed by atoms with Crippen molar-refractivity contribution in [2.24, 2.45) is 17.3 Å². The molecule has 0 bridgehead atoms. The van der Waals surface area contributed by atoms with Crippen molar-refractivity contribution in [2.75, 3.05) is 6.54 Å². The molecule has 3 N–H and O–H groups in total. The van der Waals surface area contributed by atoms with E-state index in [1.807, 2.05) is 6.92 Å². The van der Waals surface area contributed by atoms with E-state index in [2.05, 4.69) is 18.3 Å². The summed E-state index contributed by atoms with van der Waals surface area (Å²) in [5.74, 6) is -0.658. The molecule has 0 aliphatic heterocycles. The third-order valence-corrected chi connectivity index (χ3v) is 6.23. The van der Waals surface area contributed by atoms with Crippen molar-refractivity contribution in [2.45, 2.75) is 77.2 Å². The largest absolute Gasteiger partial charge is 0.417 e. The Morgan fingerprint density at radius 2 is 2.08 bits per heavy atom. The molecule has 0 spiro atoms. The lowest BCUT2D eigenvalue weighted by Gasteiger charge is -2.50. The van der Waals surface area contributed by atoms with E-state index in [1.165, 1.54) is 5.57 Å². The van der Waals surface area contributed by atoms with Crippen molar-refractivity contribution in [3.8, 4) is 0 Å². The predicted octanol–water partition coefficient (Wildman–Crippen LogP) is 3.33. The lowest BCUT2D eigenvalue weighted by atomic mass is 9.56. The first-order valence-electron chi connectivity index (χ1n) is 9.33. The van der Waals surface area contributed by atoms with Crippen molar-refractivity contribution in [3.63, 3.8) is 0 Å². The average molecular weight is 377 g/mol. The maximum Gasteiger partial charge on any atom is 0.417 e. The minimum atomic E-state index is -4.85. The molecule has 150 valence electrons. The Morgan fingerprint density at radius 1 is 1.42 bits per heavy atom. The number of hydrogen-bond donors (Lipinski definition) is 3. The molecule has 2 aliphatic carbocycles. The Bertz CT molecular complexity index is 559. The van der Waals surface area contributed by atoms with Gasteiger partial charge >= 0.3 is 6.18 Å². The molecule has 0 radical (unpaired) electrons. The van der Waals surface area contributed by atoms with Crippen molar-refractivity contribution in [1.82, 2.24) is 5.32 Å². The summed E-state index contributed by atoms with van der Waals surface area (Å²) in [6, 6.07) is 0. The van der Waals surface area contributed by atoms with Crippen molar-refractivity contribution in [1.29, 1.82) is 0 Å². The first kappa shape index (κ1) is 21.2. The van der Waals surface area contributed by atoms with Crippen LogP contribution in [-0.2, 0) is 4.79 Å². The summed E-state index contributed by atoms with van der Waals surface area (Å²) in [5.41, 5.74) is -1.98. The fourth-order valence-electron chi connectivity index (χ4n) is 4.63. The van der Waals surface area contributed by atoms with Gasteiger partial charge in [0.05, 0.1) is 12.5 Å². The number of aliphatic hydroxyl groups excluding tert-OH is 1. The zero-order valence-corrected chi connectivity index (χ0v) is 15.7. The van der Waals surface area contributed by atoms with Gasteiger partial charge in [0.15, 0.2) is 5.60 Å². The smallest absolute Gasteiger partial charge is 0.393 e. The third-order valence-electron chi connectivity index (χ3n) is 6.23. The normalized spacial score (nSPS) is 32.8. The van der Waals surface area contributed by atoms with Gasteiger partial charge in [-0.15, -0.1) is 0 Å². The molecule has 0 aromatic heterocycles. The van der Waals surface area contributed by atoms with E-state index in [9.17, 15) is 28.2 Å². The molecule has 4 nitrogen and oxygen atoms in total. The zero-order chi connectivity index (χ0) is 19.8. The summed E-state index contributed by atoms with van der Waals surface area (Å²) in [6.07, 6.45) is 0.522. The molecular formula is C19H30F3NO3. The number of hydrogen-bond acceptors (Lipinski definition) is 3. The summed E-state index contributed by atoms with van der Waals surface area (Å²) >= 11 is 0. The lowest BCUT2D eigenvalue weighted by molar-refractivity contribution is -0.253. The van der Waals surface area contributed by atoms with Gasteiger partial charge in [-0.05, 0) is 56.3 Å². The number of aliphatic hydroxyl groups is 2. The lowest BCUT2D eigenvalue weighted by Crippen LogP contribution is -2.47. The predicted molar refractivity (Wildman–Crippen MR) is 92.2 cm³/mol. The van der Waals surface area contributed by atoms with Crippen LogP contribution in [0.5, 0.6) is 0 Å². The maximum absolute atomic E-state index is 12.7. The SMILES string of the molecule is C[C@H](CNC(=O)C[C@](C)(O)C(F)(F)F)C1=CCC[C@H]2[C@@H](O)CCC[C@@]12C. The highest BCUT2D eigenvalue weighted by molar-refractivity contribution is 5.77. The van der Waals surface area contributed by atoms with E-state index < -0.39 is 24.1 Å². The molecule has 2 rings (SSSR count). The highest BCUT2D eigenvalue weighted by Gasteiger charge is 2.51. The fourth-order valence-corrected chi connectivity index (χ4v) is 4.63. The second-order valence-electron chi connectivity index (χ2n) is 8.37. The van der Waals surface area contributed by atoms with Gasteiger partial charge in [-0.25, -0.2) is 0 Å². The number of fused-ring (bicyclic) bond motifs is 1. The molecule has 1 saturated carbocycles. The fraction of sp³-hybridized carbons (Fsp3) is 0.842. The van der Waals surface area contributed by atoms with Crippen molar-refractivity contribution >= 4 is 5.91 Å². The van der Waals surface area contributed by atoms with Crippen LogP contribution in [0.3, 0.4) is 0 Å².